The van der Waals surface area contributed by atoms with Crippen molar-refractivity contribution in [1.82, 2.24) is 10.0 Å². The topological polar surface area (TPSA) is 67.4 Å². The summed E-state index contributed by atoms with van der Waals surface area (Å²) in [5, 5.41) is 3.23. The van der Waals surface area contributed by atoms with Gasteiger partial charge in [-0.05, 0) is 25.0 Å². The molecule has 1 aliphatic rings. The molecule has 1 saturated carbocycles. The summed E-state index contributed by atoms with van der Waals surface area (Å²) in [7, 11) is -3.48. The molecule has 0 amide bonds. The van der Waals surface area contributed by atoms with E-state index >= 15 is 0 Å². The molecule has 0 atom stereocenters. The van der Waals surface area contributed by atoms with Crippen molar-refractivity contribution in [2.75, 3.05) is 13.2 Å². The number of nitrogens with one attached hydrogen (secondary N) is 2. The molecule has 5 nitrogen and oxygen atoms in total. The van der Waals surface area contributed by atoms with Crippen molar-refractivity contribution in [2.24, 2.45) is 0 Å². The lowest BCUT2D eigenvalue weighted by molar-refractivity contribution is 0.301. The third-order valence-corrected chi connectivity index (χ3v) is 4.51. The van der Waals surface area contributed by atoms with E-state index < -0.39 is 10.0 Å². The van der Waals surface area contributed by atoms with E-state index in [-0.39, 0.29) is 10.9 Å². The number of sulfonamides is 1. The predicted molar refractivity (Wildman–Crippen MR) is 78.4 cm³/mol. The third-order valence-electron chi connectivity index (χ3n) is 2.95. The fraction of sp³-hybridized carbons (Fsp3) is 0.571. The highest BCUT2D eigenvalue weighted by Crippen LogP contribution is 2.27. The monoisotopic (exact) mass is 298 g/mol. The summed E-state index contributed by atoms with van der Waals surface area (Å²) in [6.07, 6.45) is 1.83. The van der Waals surface area contributed by atoms with Gasteiger partial charge in [0.2, 0.25) is 10.0 Å². The van der Waals surface area contributed by atoms with Gasteiger partial charge in [0, 0.05) is 18.6 Å². The molecule has 0 unspecified atom stereocenters. The highest BCUT2D eigenvalue weighted by Gasteiger charge is 2.29. The summed E-state index contributed by atoms with van der Waals surface area (Å²) < 4.78 is 32.7. The zero-order valence-corrected chi connectivity index (χ0v) is 12.7. The normalized spacial score (nSPS) is 15.6. The summed E-state index contributed by atoms with van der Waals surface area (Å²) in [5.74, 6) is 0.409. The number of hydrogen-bond donors (Lipinski definition) is 2. The molecule has 0 aromatic heterocycles. The number of para-hydroxylation sites is 1. The summed E-state index contributed by atoms with van der Waals surface area (Å²) in [6, 6.07) is 7.24. The quantitative estimate of drug-likeness (QED) is 0.714. The fourth-order valence-corrected chi connectivity index (χ4v) is 3.24. The van der Waals surface area contributed by atoms with E-state index in [1.807, 2.05) is 0 Å². The molecule has 2 N–H and O–H groups in total. The smallest absolute Gasteiger partial charge is 0.244 e. The van der Waals surface area contributed by atoms with Gasteiger partial charge >= 0.3 is 0 Å². The second kappa shape index (κ2) is 6.56. The van der Waals surface area contributed by atoms with E-state index in [9.17, 15) is 8.42 Å². The maximum absolute atomic E-state index is 12.2. The highest BCUT2D eigenvalue weighted by molar-refractivity contribution is 7.89. The van der Waals surface area contributed by atoms with Crippen LogP contribution in [0, 0.1) is 0 Å². The van der Waals surface area contributed by atoms with Gasteiger partial charge in [-0.15, -0.1) is 0 Å². The summed E-state index contributed by atoms with van der Waals surface area (Å²) in [6.45, 7) is 5.23. The number of benzene rings is 1. The van der Waals surface area contributed by atoms with Crippen LogP contribution in [0.1, 0.15) is 26.7 Å². The van der Waals surface area contributed by atoms with Crippen molar-refractivity contribution in [3.8, 4) is 5.75 Å². The van der Waals surface area contributed by atoms with Crippen LogP contribution in [0.3, 0.4) is 0 Å². The second-order valence-electron chi connectivity index (χ2n) is 5.30. The Bertz CT molecular complexity index is 539. The Morgan fingerprint density at radius 3 is 2.65 bits per heavy atom. The Balaban J connectivity index is 2.01. The van der Waals surface area contributed by atoms with E-state index in [1.54, 1.807) is 24.3 Å². The average Bonchev–Trinajstić information content (AvgIpc) is 3.18. The van der Waals surface area contributed by atoms with Crippen LogP contribution in [0.25, 0.3) is 0 Å². The molecule has 0 spiro atoms. The zero-order chi connectivity index (χ0) is 14.6. The highest BCUT2D eigenvalue weighted by atomic mass is 32.2. The Labute approximate surface area is 120 Å². The van der Waals surface area contributed by atoms with E-state index in [0.29, 0.717) is 24.9 Å². The van der Waals surface area contributed by atoms with Crippen LogP contribution in [0.4, 0.5) is 0 Å². The van der Waals surface area contributed by atoms with Crippen LogP contribution in [0.15, 0.2) is 29.2 Å². The molecule has 1 aromatic rings. The molecular weight excluding hydrogens is 276 g/mol. The van der Waals surface area contributed by atoms with Crippen molar-refractivity contribution in [1.29, 1.82) is 0 Å². The molecule has 1 aromatic carbocycles. The fourth-order valence-electron chi connectivity index (χ4n) is 1.78. The molecule has 6 heteroatoms. The van der Waals surface area contributed by atoms with Gasteiger partial charge in [-0.2, -0.15) is 0 Å². The lowest BCUT2D eigenvalue weighted by Gasteiger charge is -2.13. The number of rotatable bonds is 8. The first-order chi connectivity index (χ1) is 9.49. The first-order valence-corrected chi connectivity index (χ1v) is 8.45. The summed E-state index contributed by atoms with van der Waals surface area (Å²) in [5.41, 5.74) is 0. The predicted octanol–water partition coefficient (Wildman–Crippen LogP) is 1.50. The van der Waals surface area contributed by atoms with Gasteiger partial charge in [0.1, 0.15) is 17.3 Å². The molecule has 0 saturated heterocycles. The molecule has 1 aliphatic carbocycles. The summed E-state index contributed by atoms with van der Waals surface area (Å²) in [4.78, 5) is 0.219. The molecule has 0 heterocycles. The number of hydrogen-bond acceptors (Lipinski definition) is 4. The molecule has 112 valence electrons. The SMILES string of the molecule is CC(C)NCCOc1ccccc1S(=O)(=O)NC1CC1. The third kappa shape index (κ3) is 4.47. The first-order valence-electron chi connectivity index (χ1n) is 6.96. The maximum atomic E-state index is 12.2. The van der Waals surface area contributed by atoms with Crippen molar-refractivity contribution >= 4 is 10.0 Å². The minimum Gasteiger partial charge on any atom is -0.491 e. The van der Waals surface area contributed by atoms with Gasteiger partial charge < -0.3 is 10.1 Å². The van der Waals surface area contributed by atoms with Gasteiger partial charge in [0.15, 0.2) is 0 Å². The summed E-state index contributed by atoms with van der Waals surface area (Å²) >= 11 is 0. The average molecular weight is 298 g/mol. The van der Waals surface area contributed by atoms with Crippen LogP contribution in [-0.4, -0.2) is 33.7 Å². The van der Waals surface area contributed by atoms with Crippen molar-refractivity contribution in [3.05, 3.63) is 24.3 Å². The molecule has 20 heavy (non-hydrogen) atoms. The second-order valence-corrected chi connectivity index (χ2v) is 6.98. The van der Waals surface area contributed by atoms with E-state index in [4.69, 9.17) is 4.74 Å². The van der Waals surface area contributed by atoms with Crippen LogP contribution < -0.4 is 14.8 Å². The van der Waals surface area contributed by atoms with Crippen LogP contribution in [0.2, 0.25) is 0 Å². The minimum absolute atomic E-state index is 0.0932. The molecule has 0 aliphatic heterocycles. The minimum atomic E-state index is -3.48. The van der Waals surface area contributed by atoms with Crippen LogP contribution >= 0.6 is 0 Å². The van der Waals surface area contributed by atoms with Gasteiger partial charge in [-0.3, -0.25) is 0 Å². The lowest BCUT2D eigenvalue weighted by Crippen LogP contribution is -2.28. The molecular formula is C14H22N2O3S. The van der Waals surface area contributed by atoms with E-state index in [0.717, 1.165) is 12.8 Å². The zero-order valence-electron chi connectivity index (χ0n) is 11.9. The van der Waals surface area contributed by atoms with Crippen molar-refractivity contribution < 1.29 is 13.2 Å². The van der Waals surface area contributed by atoms with Gasteiger partial charge in [0.05, 0.1) is 0 Å². The van der Waals surface area contributed by atoms with Gasteiger partial charge in [-0.1, -0.05) is 26.0 Å². The Kier molecular flexibility index (Phi) is 5.01. The maximum Gasteiger partial charge on any atom is 0.244 e. The largest absolute Gasteiger partial charge is 0.491 e. The van der Waals surface area contributed by atoms with E-state index in [2.05, 4.69) is 23.9 Å². The van der Waals surface area contributed by atoms with Gasteiger partial charge in [-0.25, -0.2) is 13.1 Å². The lowest BCUT2D eigenvalue weighted by atomic mass is 10.3. The molecule has 2 rings (SSSR count). The molecule has 0 radical (unpaired) electrons. The van der Waals surface area contributed by atoms with E-state index in [1.165, 1.54) is 0 Å². The Morgan fingerprint density at radius 2 is 2.00 bits per heavy atom. The Hall–Kier alpha value is -1.11. The van der Waals surface area contributed by atoms with Crippen molar-refractivity contribution in [2.45, 2.75) is 43.7 Å². The molecule has 1 fully saturated rings. The first kappa shape index (κ1) is 15.3. The standard InChI is InChI=1S/C14H22N2O3S/c1-11(2)15-9-10-19-13-5-3-4-6-14(13)20(17,18)16-12-7-8-12/h3-6,11-12,15-16H,7-10H2,1-2H3. The van der Waals surface area contributed by atoms with Crippen molar-refractivity contribution in [3.63, 3.8) is 0 Å². The van der Waals surface area contributed by atoms with Crippen LogP contribution in [0.5, 0.6) is 5.75 Å². The Morgan fingerprint density at radius 1 is 1.30 bits per heavy atom. The number of ether oxygens (including phenoxy) is 1. The molecule has 0 bridgehead atoms. The van der Waals surface area contributed by atoms with Gasteiger partial charge in [0.25, 0.3) is 0 Å². The van der Waals surface area contributed by atoms with Crippen LogP contribution in [-0.2, 0) is 10.0 Å².